The van der Waals surface area contributed by atoms with E-state index in [9.17, 15) is 17.6 Å². The minimum atomic E-state index is -3.60. The van der Waals surface area contributed by atoms with Gasteiger partial charge < -0.3 is 9.64 Å². The number of halogens is 1. The summed E-state index contributed by atoms with van der Waals surface area (Å²) < 4.78 is 47.9. The second-order valence-electron chi connectivity index (χ2n) is 8.21. The van der Waals surface area contributed by atoms with Gasteiger partial charge in [-0.25, -0.2) is 9.37 Å². The molecule has 1 aromatic heterocycles. The fourth-order valence-corrected chi connectivity index (χ4v) is 6.85. The molecule has 2 aliphatic heterocycles. The van der Waals surface area contributed by atoms with E-state index >= 15 is 0 Å². The number of hydrogen-bond donors (Lipinski definition) is 0. The third-order valence-electron chi connectivity index (χ3n) is 5.65. The number of rotatable bonds is 4. The van der Waals surface area contributed by atoms with Gasteiger partial charge in [-0.3, -0.25) is 4.79 Å². The normalized spacial score (nSPS) is 23.4. The number of benzene rings is 1. The van der Waals surface area contributed by atoms with Crippen LogP contribution in [0.2, 0.25) is 0 Å². The highest BCUT2D eigenvalue weighted by molar-refractivity contribution is 7.86. The second-order valence-corrected chi connectivity index (χ2v) is 11.1. The van der Waals surface area contributed by atoms with Crippen LogP contribution >= 0.6 is 11.3 Å². The number of nitrogens with zero attached hydrogens (tertiary/aromatic N) is 4. The van der Waals surface area contributed by atoms with Crippen molar-refractivity contribution in [1.29, 1.82) is 0 Å². The Balaban J connectivity index is 1.42. The summed E-state index contributed by atoms with van der Waals surface area (Å²) in [5.41, 5.74) is 1.37. The molecule has 0 saturated carbocycles. The Hall–Kier alpha value is -1.92. The molecule has 0 bridgehead atoms. The number of aryl methyl sites for hydroxylation is 1. The summed E-state index contributed by atoms with van der Waals surface area (Å²) in [5.74, 6) is -0.480. The first-order valence-corrected chi connectivity index (χ1v) is 12.8. The van der Waals surface area contributed by atoms with Crippen LogP contribution in [0.4, 0.5) is 4.39 Å². The fraction of sp³-hybridized carbons (Fsp3) is 0.524. The average Bonchev–Trinajstić information content (AvgIpc) is 3.14. The fourth-order valence-electron chi connectivity index (χ4n) is 4.06. The lowest BCUT2D eigenvalue weighted by atomic mass is 10.2. The second kappa shape index (κ2) is 9.14. The molecule has 0 aliphatic carbocycles. The van der Waals surface area contributed by atoms with Gasteiger partial charge in [-0.1, -0.05) is 0 Å². The Morgan fingerprint density at radius 3 is 2.25 bits per heavy atom. The SMILES string of the molecule is Cc1nc(-c2ccc(F)cc2)sc1C(=O)N1CCN(S(=O)(=O)N2CC(C)OC(C)C2)CC1. The van der Waals surface area contributed by atoms with E-state index in [0.717, 1.165) is 5.56 Å². The first kappa shape index (κ1) is 23.2. The summed E-state index contributed by atoms with van der Waals surface area (Å²) in [4.78, 5) is 19.8. The highest BCUT2D eigenvalue weighted by Crippen LogP contribution is 2.29. The summed E-state index contributed by atoms with van der Waals surface area (Å²) >= 11 is 1.27. The maximum atomic E-state index is 13.2. The molecule has 0 N–H and O–H groups in total. The number of carbonyl (C=O) groups is 1. The standard InChI is InChI=1S/C21H27FN4O4S2/c1-14-12-26(13-15(2)30-14)32(28,29)25-10-8-24(9-11-25)21(27)19-16(3)23-20(31-19)17-4-6-18(22)7-5-17/h4-7,14-15H,8-13H2,1-3H3. The van der Waals surface area contributed by atoms with Gasteiger partial charge in [-0.2, -0.15) is 17.0 Å². The molecule has 2 fully saturated rings. The summed E-state index contributed by atoms with van der Waals surface area (Å²) in [6, 6.07) is 6.00. The van der Waals surface area contributed by atoms with Gasteiger partial charge in [0.05, 0.1) is 17.9 Å². The van der Waals surface area contributed by atoms with Crippen LogP contribution < -0.4 is 0 Å². The van der Waals surface area contributed by atoms with Crippen molar-refractivity contribution in [2.75, 3.05) is 39.3 Å². The Bertz CT molecular complexity index is 1070. The molecule has 0 spiro atoms. The van der Waals surface area contributed by atoms with Crippen LogP contribution in [0.1, 0.15) is 29.2 Å². The van der Waals surface area contributed by atoms with Crippen molar-refractivity contribution >= 4 is 27.5 Å². The number of ether oxygens (including phenoxy) is 1. The van der Waals surface area contributed by atoms with Gasteiger partial charge in [0.15, 0.2) is 0 Å². The molecule has 11 heteroatoms. The molecular weight excluding hydrogens is 455 g/mol. The van der Waals surface area contributed by atoms with Crippen LogP contribution in [-0.4, -0.2) is 84.3 Å². The molecule has 1 amide bonds. The van der Waals surface area contributed by atoms with Crippen molar-refractivity contribution < 1.29 is 22.3 Å². The van der Waals surface area contributed by atoms with E-state index in [-0.39, 0.29) is 37.0 Å². The average molecular weight is 483 g/mol. The number of morpholine rings is 1. The molecule has 2 aromatic rings. The van der Waals surface area contributed by atoms with Gasteiger partial charge in [0, 0.05) is 44.8 Å². The van der Waals surface area contributed by atoms with Crippen LogP contribution in [0.25, 0.3) is 10.6 Å². The smallest absolute Gasteiger partial charge is 0.282 e. The number of thiazole rings is 1. The van der Waals surface area contributed by atoms with Crippen molar-refractivity contribution in [1.82, 2.24) is 18.5 Å². The zero-order chi connectivity index (χ0) is 23.0. The molecule has 4 rings (SSSR count). The van der Waals surface area contributed by atoms with E-state index in [4.69, 9.17) is 4.74 Å². The number of hydrogen-bond acceptors (Lipinski definition) is 6. The van der Waals surface area contributed by atoms with Crippen molar-refractivity contribution in [2.24, 2.45) is 0 Å². The zero-order valence-electron chi connectivity index (χ0n) is 18.3. The topological polar surface area (TPSA) is 83.1 Å². The van der Waals surface area contributed by atoms with Crippen molar-refractivity contribution in [3.8, 4) is 10.6 Å². The molecule has 3 heterocycles. The summed E-state index contributed by atoms with van der Waals surface area (Å²) in [5, 5.41) is 0.655. The van der Waals surface area contributed by atoms with E-state index in [2.05, 4.69) is 4.98 Å². The van der Waals surface area contributed by atoms with Crippen molar-refractivity contribution in [3.05, 3.63) is 40.7 Å². The number of aromatic nitrogens is 1. The van der Waals surface area contributed by atoms with Gasteiger partial charge in [-0.15, -0.1) is 11.3 Å². The van der Waals surface area contributed by atoms with Gasteiger partial charge in [0.25, 0.3) is 16.1 Å². The van der Waals surface area contributed by atoms with Crippen LogP contribution in [0, 0.1) is 12.7 Å². The van der Waals surface area contributed by atoms with Crippen LogP contribution in [-0.2, 0) is 14.9 Å². The molecule has 8 nitrogen and oxygen atoms in total. The largest absolute Gasteiger partial charge is 0.373 e. The predicted molar refractivity (Wildman–Crippen MR) is 120 cm³/mol. The molecule has 2 aliphatic rings. The molecular formula is C21H27FN4O4S2. The van der Waals surface area contributed by atoms with Crippen LogP contribution in [0.3, 0.4) is 0 Å². The first-order chi connectivity index (χ1) is 15.1. The summed E-state index contributed by atoms with van der Waals surface area (Å²) in [7, 11) is -3.60. The lowest BCUT2D eigenvalue weighted by molar-refractivity contribution is -0.0457. The van der Waals surface area contributed by atoms with Crippen LogP contribution in [0.5, 0.6) is 0 Å². The molecule has 2 saturated heterocycles. The summed E-state index contributed by atoms with van der Waals surface area (Å²) in [6.45, 7) is 7.30. The minimum absolute atomic E-state index is 0.152. The van der Waals surface area contributed by atoms with E-state index in [1.807, 2.05) is 13.8 Å². The molecule has 0 radical (unpaired) electrons. The number of amides is 1. The summed E-state index contributed by atoms with van der Waals surface area (Å²) in [6.07, 6.45) is -0.304. The monoisotopic (exact) mass is 482 g/mol. The first-order valence-electron chi connectivity index (χ1n) is 10.6. The molecule has 32 heavy (non-hydrogen) atoms. The Labute approximate surface area is 191 Å². The maximum absolute atomic E-state index is 13.2. The van der Waals surface area contributed by atoms with Crippen LogP contribution in [0.15, 0.2) is 24.3 Å². The van der Waals surface area contributed by atoms with E-state index in [1.54, 1.807) is 24.0 Å². The number of piperazine rings is 1. The maximum Gasteiger partial charge on any atom is 0.282 e. The highest BCUT2D eigenvalue weighted by Gasteiger charge is 2.37. The Morgan fingerprint density at radius 1 is 1.06 bits per heavy atom. The number of carbonyl (C=O) groups excluding carboxylic acids is 1. The zero-order valence-corrected chi connectivity index (χ0v) is 20.0. The van der Waals surface area contributed by atoms with E-state index in [1.165, 1.54) is 32.1 Å². The lowest BCUT2D eigenvalue weighted by Crippen LogP contribution is -2.57. The molecule has 2 unspecified atom stereocenters. The van der Waals surface area contributed by atoms with E-state index < -0.39 is 10.2 Å². The molecule has 174 valence electrons. The Morgan fingerprint density at radius 2 is 1.66 bits per heavy atom. The van der Waals surface area contributed by atoms with Gasteiger partial charge in [-0.05, 0) is 45.0 Å². The van der Waals surface area contributed by atoms with Gasteiger partial charge >= 0.3 is 0 Å². The lowest BCUT2D eigenvalue weighted by Gasteiger charge is -2.40. The van der Waals surface area contributed by atoms with Crippen molar-refractivity contribution in [3.63, 3.8) is 0 Å². The molecule has 2 atom stereocenters. The minimum Gasteiger partial charge on any atom is -0.373 e. The van der Waals surface area contributed by atoms with Gasteiger partial charge in [0.2, 0.25) is 0 Å². The third kappa shape index (κ3) is 4.72. The predicted octanol–water partition coefficient (Wildman–Crippen LogP) is 2.37. The van der Waals surface area contributed by atoms with Gasteiger partial charge in [0.1, 0.15) is 15.7 Å². The van der Waals surface area contributed by atoms with E-state index in [0.29, 0.717) is 41.8 Å². The quantitative estimate of drug-likeness (QED) is 0.668. The third-order valence-corrected chi connectivity index (χ3v) is 8.81. The molecule has 1 aromatic carbocycles. The Kier molecular flexibility index (Phi) is 6.64. The highest BCUT2D eigenvalue weighted by atomic mass is 32.2. The van der Waals surface area contributed by atoms with Crippen molar-refractivity contribution in [2.45, 2.75) is 33.0 Å².